The lowest BCUT2D eigenvalue weighted by Gasteiger charge is -2.19. The Kier molecular flexibility index (Phi) is 9.18. The van der Waals surface area contributed by atoms with Crippen LogP contribution in [-0.4, -0.2) is 30.5 Å². The summed E-state index contributed by atoms with van der Waals surface area (Å²) in [5.74, 6) is 0.613. The van der Waals surface area contributed by atoms with Crippen LogP contribution in [0.15, 0.2) is 29.3 Å². The van der Waals surface area contributed by atoms with E-state index in [0.717, 1.165) is 30.1 Å². The fraction of sp³-hybridized carbons (Fsp3) is 0.462. The molecule has 0 saturated heterocycles. The molecule has 2 N–H and O–H groups in total. The monoisotopic (exact) mass is 381 g/mol. The van der Waals surface area contributed by atoms with E-state index in [1.165, 1.54) is 0 Å². The van der Waals surface area contributed by atoms with Gasteiger partial charge in [0, 0.05) is 24.7 Å². The summed E-state index contributed by atoms with van der Waals surface area (Å²) < 4.78 is 0. The Morgan fingerprint density at radius 3 is 2.44 bits per heavy atom. The van der Waals surface area contributed by atoms with Crippen LogP contribution < -0.4 is 5.73 Å². The van der Waals surface area contributed by atoms with Gasteiger partial charge in [-0.15, -0.1) is 24.0 Å². The third kappa shape index (κ3) is 5.44. The first-order valence-electron chi connectivity index (χ1n) is 5.97. The highest BCUT2D eigenvalue weighted by molar-refractivity contribution is 14.0. The molecule has 18 heavy (non-hydrogen) atoms. The standard InChI is InChI=1S/C13H20ClN3.HI/c1-3-17(4-2)13(15)16-10-9-11-7-5-6-8-12(11)14;/h5-8H,3-4,9-10H2,1-2H3,(H2,15,16);1H. The van der Waals surface area contributed by atoms with Crippen molar-refractivity contribution in [3.63, 3.8) is 0 Å². The normalized spacial score (nSPS) is 10.9. The zero-order valence-electron chi connectivity index (χ0n) is 10.9. The number of hydrogen-bond acceptors (Lipinski definition) is 1. The number of hydrogen-bond donors (Lipinski definition) is 1. The van der Waals surface area contributed by atoms with E-state index in [4.69, 9.17) is 17.3 Å². The van der Waals surface area contributed by atoms with Crippen molar-refractivity contribution in [2.45, 2.75) is 20.3 Å². The van der Waals surface area contributed by atoms with Crippen molar-refractivity contribution in [3.05, 3.63) is 34.9 Å². The molecule has 0 aromatic heterocycles. The van der Waals surface area contributed by atoms with E-state index in [9.17, 15) is 0 Å². The number of benzene rings is 1. The predicted octanol–water partition coefficient (Wildman–Crippen LogP) is 3.16. The lowest BCUT2D eigenvalue weighted by molar-refractivity contribution is 0.458. The Morgan fingerprint density at radius 1 is 1.28 bits per heavy atom. The average Bonchev–Trinajstić information content (AvgIpc) is 2.33. The van der Waals surface area contributed by atoms with E-state index >= 15 is 0 Å². The molecular formula is C13H21ClIN3. The van der Waals surface area contributed by atoms with E-state index < -0.39 is 0 Å². The first-order chi connectivity index (χ1) is 8.19. The number of nitrogens with zero attached hydrogens (tertiary/aromatic N) is 2. The average molecular weight is 382 g/mol. The highest BCUT2D eigenvalue weighted by Gasteiger charge is 2.02. The molecule has 5 heteroatoms. The third-order valence-corrected chi connectivity index (χ3v) is 3.07. The fourth-order valence-corrected chi connectivity index (χ4v) is 1.87. The molecule has 0 saturated carbocycles. The summed E-state index contributed by atoms with van der Waals surface area (Å²) in [6.45, 7) is 6.59. The van der Waals surface area contributed by atoms with E-state index in [0.29, 0.717) is 12.5 Å². The summed E-state index contributed by atoms with van der Waals surface area (Å²) in [5.41, 5.74) is 7.00. The van der Waals surface area contributed by atoms with Crippen molar-refractivity contribution in [3.8, 4) is 0 Å². The van der Waals surface area contributed by atoms with E-state index in [-0.39, 0.29) is 24.0 Å². The number of nitrogens with two attached hydrogens (primary N) is 1. The minimum absolute atomic E-state index is 0. The summed E-state index contributed by atoms with van der Waals surface area (Å²) >= 11 is 6.07. The second-order valence-electron chi connectivity index (χ2n) is 3.75. The van der Waals surface area contributed by atoms with E-state index in [2.05, 4.69) is 18.8 Å². The molecule has 0 heterocycles. The molecule has 1 aromatic carbocycles. The van der Waals surface area contributed by atoms with Crippen molar-refractivity contribution in [2.75, 3.05) is 19.6 Å². The van der Waals surface area contributed by atoms with Crippen LogP contribution in [0.3, 0.4) is 0 Å². The zero-order chi connectivity index (χ0) is 12.7. The van der Waals surface area contributed by atoms with Gasteiger partial charge in [0.1, 0.15) is 0 Å². The molecule has 0 amide bonds. The first-order valence-corrected chi connectivity index (χ1v) is 6.35. The van der Waals surface area contributed by atoms with Crippen LogP contribution >= 0.6 is 35.6 Å². The van der Waals surface area contributed by atoms with Gasteiger partial charge in [-0.1, -0.05) is 29.8 Å². The largest absolute Gasteiger partial charge is 0.370 e. The minimum Gasteiger partial charge on any atom is -0.370 e. The minimum atomic E-state index is 0. The SMILES string of the molecule is CCN(CC)C(N)=NCCc1ccccc1Cl.I. The molecule has 0 aliphatic carbocycles. The summed E-state index contributed by atoms with van der Waals surface area (Å²) in [6, 6.07) is 7.83. The van der Waals surface area contributed by atoms with Crippen LogP contribution in [0.25, 0.3) is 0 Å². The molecule has 0 aliphatic heterocycles. The van der Waals surface area contributed by atoms with Crippen LogP contribution in [0.2, 0.25) is 5.02 Å². The Balaban J connectivity index is 0.00000289. The van der Waals surface area contributed by atoms with E-state index in [1.807, 2.05) is 29.2 Å². The summed E-state index contributed by atoms with van der Waals surface area (Å²) in [6.07, 6.45) is 0.821. The van der Waals surface area contributed by atoms with Crippen molar-refractivity contribution in [1.82, 2.24) is 4.90 Å². The predicted molar refractivity (Wildman–Crippen MR) is 90.0 cm³/mol. The van der Waals surface area contributed by atoms with Crippen molar-refractivity contribution in [1.29, 1.82) is 0 Å². The summed E-state index contributed by atoms with van der Waals surface area (Å²) in [5, 5.41) is 0.795. The van der Waals surface area contributed by atoms with Crippen molar-refractivity contribution >= 4 is 41.5 Å². The molecule has 102 valence electrons. The third-order valence-electron chi connectivity index (χ3n) is 2.70. The quantitative estimate of drug-likeness (QED) is 0.483. The van der Waals surface area contributed by atoms with Gasteiger partial charge in [0.25, 0.3) is 0 Å². The number of halogens is 2. The van der Waals surface area contributed by atoms with Gasteiger partial charge in [-0.25, -0.2) is 0 Å². The van der Waals surface area contributed by atoms with Gasteiger partial charge >= 0.3 is 0 Å². The number of rotatable bonds is 5. The van der Waals surface area contributed by atoms with Crippen molar-refractivity contribution in [2.24, 2.45) is 10.7 Å². The van der Waals surface area contributed by atoms with Crippen molar-refractivity contribution < 1.29 is 0 Å². The molecule has 0 fully saturated rings. The lowest BCUT2D eigenvalue weighted by Crippen LogP contribution is -2.37. The first kappa shape index (κ1) is 17.5. The summed E-state index contributed by atoms with van der Waals surface area (Å²) in [4.78, 5) is 6.40. The maximum absolute atomic E-state index is 6.07. The topological polar surface area (TPSA) is 41.6 Å². The number of guanidine groups is 1. The van der Waals surface area contributed by atoms with E-state index in [1.54, 1.807) is 0 Å². The zero-order valence-corrected chi connectivity index (χ0v) is 14.0. The van der Waals surface area contributed by atoms with Gasteiger partial charge in [0.05, 0.1) is 0 Å². The summed E-state index contributed by atoms with van der Waals surface area (Å²) in [7, 11) is 0. The fourth-order valence-electron chi connectivity index (χ4n) is 1.64. The second kappa shape index (κ2) is 9.44. The van der Waals surface area contributed by atoms with Crippen LogP contribution in [0, 0.1) is 0 Å². The smallest absolute Gasteiger partial charge is 0.191 e. The van der Waals surface area contributed by atoms with Gasteiger partial charge in [-0.2, -0.15) is 0 Å². The Bertz CT molecular complexity index is 378. The molecule has 1 rings (SSSR count). The molecular weight excluding hydrogens is 361 g/mol. The maximum atomic E-state index is 6.07. The van der Waals surface area contributed by atoms with Gasteiger partial charge in [-0.3, -0.25) is 4.99 Å². The van der Waals surface area contributed by atoms with Gasteiger partial charge in [0.2, 0.25) is 0 Å². The molecule has 0 atom stereocenters. The molecule has 1 aromatic rings. The van der Waals surface area contributed by atoms with Gasteiger partial charge in [0.15, 0.2) is 5.96 Å². The van der Waals surface area contributed by atoms with Crippen LogP contribution in [0.5, 0.6) is 0 Å². The molecule has 0 radical (unpaired) electrons. The maximum Gasteiger partial charge on any atom is 0.191 e. The highest BCUT2D eigenvalue weighted by atomic mass is 127. The highest BCUT2D eigenvalue weighted by Crippen LogP contribution is 2.15. The van der Waals surface area contributed by atoms with Crippen LogP contribution in [-0.2, 0) is 6.42 Å². The van der Waals surface area contributed by atoms with Gasteiger partial charge in [-0.05, 0) is 31.9 Å². The Labute approximate surface area is 131 Å². The molecule has 0 bridgehead atoms. The second-order valence-corrected chi connectivity index (χ2v) is 4.16. The Hall–Kier alpha value is -0.490. The lowest BCUT2D eigenvalue weighted by atomic mass is 10.1. The molecule has 0 spiro atoms. The Morgan fingerprint density at radius 2 is 1.89 bits per heavy atom. The number of aliphatic imine (C=N–C) groups is 1. The van der Waals surface area contributed by atoms with Crippen LogP contribution in [0.1, 0.15) is 19.4 Å². The molecule has 0 aliphatic rings. The molecule has 3 nitrogen and oxygen atoms in total. The van der Waals surface area contributed by atoms with Gasteiger partial charge < -0.3 is 10.6 Å². The molecule has 0 unspecified atom stereocenters. The van der Waals surface area contributed by atoms with Crippen LogP contribution in [0.4, 0.5) is 0 Å².